The first kappa shape index (κ1) is 13.9. The molecule has 1 aliphatic rings. The van der Waals surface area contributed by atoms with Crippen LogP contribution >= 0.6 is 15.9 Å². The van der Waals surface area contributed by atoms with Gasteiger partial charge >= 0.3 is 0 Å². The van der Waals surface area contributed by atoms with Crippen LogP contribution in [-0.2, 0) is 11.2 Å². The van der Waals surface area contributed by atoms with Crippen LogP contribution in [0.15, 0.2) is 40.9 Å². The Labute approximate surface area is 129 Å². The van der Waals surface area contributed by atoms with Crippen LogP contribution in [0.4, 0.5) is 10.1 Å². The Hall–Kier alpha value is -2.01. The Morgan fingerprint density at radius 2 is 2.00 bits per heavy atom. The molecule has 0 saturated heterocycles. The van der Waals surface area contributed by atoms with Crippen molar-refractivity contribution in [3.8, 4) is 0 Å². The van der Waals surface area contributed by atoms with Crippen molar-refractivity contribution >= 4 is 33.3 Å². The average molecular weight is 348 g/mol. The number of aryl methyl sites for hydroxylation is 1. The van der Waals surface area contributed by atoms with Gasteiger partial charge in [-0.25, -0.2) is 4.39 Å². The van der Waals surface area contributed by atoms with Crippen LogP contribution in [0.3, 0.4) is 0 Å². The molecule has 0 radical (unpaired) electrons. The maximum absolute atomic E-state index is 13.9. The molecule has 0 spiro atoms. The number of anilines is 1. The smallest absolute Gasteiger partial charge is 0.224 e. The normalized spacial score (nSPS) is 13.5. The molecule has 3 rings (SSSR count). The topological polar surface area (TPSA) is 46.2 Å². The van der Waals surface area contributed by atoms with Gasteiger partial charge in [0.25, 0.3) is 0 Å². The molecule has 1 amide bonds. The summed E-state index contributed by atoms with van der Waals surface area (Å²) < 4.78 is 14.3. The molecule has 1 aliphatic heterocycles. The van der Waals surface area contributed by atoms with Gasteiger partial charge in [-0.15, -0.1) is 0 Å². The lowest BCUT2D eigenvalue weighted by Crippen LogP contribution is -2.19. The molecule has 0 saturated carbocycles. The van der Waals surface area contributed by atoms with Gasteiger partial charge in [-0.2, -0.15) is 0 Å². The van der Waals surface area contributed by atoms with E-state index >= 15 is 0 Å². The quantitative estimate of drug-likeness (QED) is 0.842. The van der Waals surface area contributed by atoms with Crippen molar-refractivity contribution in [1.29, 1.82) is 0 Å². The first-order valence-corrected chi connectivity index (χ1v) is 7.27. The van der Waals surface area contributed by atoms with Crippen molar-refractivity contribution in [2.24, 2.45) is 0 Å². The Morgan fingerprint density at radius 3 is 2.76 bits per heavy atom. The van der Waals surface area contributed by atoms with E-state index in [2.05, 4.69) is 21.2 Å². The number of halogens is 2. The summed E-state index contributed by atoms with van der Waals surface area (Å²) in [6.07, 6.45) is 0.981. The van der Waals surface area contributed by atoms with Gasteiger partial charge in [0.1, 0.15) is 5.82 Å². The zero-order valence-electron chi connectivity index (χ0n) is 11.0. The first-order valence-electron chi connectivity index (χ1n) is 6.48. The molecule has 2 aromatic carbocycles. The van der Waals surface area contributed by atoms with Crippen molar-refractivity contribution in [1.82, 2.24) is 0 Å². The lowest BCUT2D eigenvalue weighted by Gasteiger charge is -2.17. The number of fused-ring (bicyclic) bond motifs is 1. The maximum Gasteiger partial charge on any atom is 0.224 e. The Balaban J connectivity index is 2.01. The predicted molar refractivity (Wildman–Crippen MR) is 80.9 cm³/mol. The van der Waals surface area contributed by atoms with E-state index in [1.54, 1.807) is 30.3 Å². The Morgan fingerprint density at radius 1 is 1.19 bits per heavy atom. The van der Waals surface area contributed by atoms with Gasteiger partial charge in [-0.3, -0.25) is 9.59 Å². The minimum atomic E-state index is -0.555. The molecular formula is C16H11BrFNO2. The van der Waals surface area contributed by atoms with Crippen LogP contribution < -0.4 is 5.32 Å². The maximum atomic E-state index is 13.9. The third-order valence-corrected chi connectivity index (χ3v) is 4.11. The molecule has 0 aromatic heterocycles. The van der Waals surface area contributed by atoms with E-state index in [-0.39, 0.29) is 17.3 Å². The van der Waals surface area contributed by atoms with Crippen LogP contribution in [0.1, 0.15) is 27.9 Å². The van der Waals surface area contributed by atoms with Gasteiger partial charge in [0.05, 0.1) is 5.56 Å². The summed E-state index contributed by atoms with van der Waals surface area (Å²) in [5.74, 6) is -0.960. The summed E-state index contributed by atoms with van der Waals surface area (Å²) in [5.41, 5.74) is 2.05. The van der Waals surface area contributed by atoms with Crippen molar-refractivity contribution in [3.63, 3.8) is 0 Å². The second kappa shape index (κ2) is 5.41. The highest BCUT2D eigenvalue weighted by atomic mass is 79.9. The van der Waals surface area contributed by atoms with Gasteiger partial charge < -0.3 is 5.32 Å². The highest BCUT2D eigenvalue weighted by Crippen LogP contribution is 2.27. The van der Waals surface area contributed by atoms with Crippen LogP contribution in [0, 0.1) is 5.82 Å². The molecule has 1 N–H and O–H groups in total. The lowest BCUT2D eigenvalue weighted by atomic mass is 9.96. The van der Waals surface area contributed by atoms with Gasteiger partial charge in [0, 0.05) is 22.1 Å². The van der Waals surface area contributed by atoms with Gasteiger partial charge in [0.2, 0.25) is 5.91 Å². The molecular weight excluding hydrogens is 337 g/mol. The predicted octanol–water partition coefficient (Wildman–Crippen LogP) is 3.70. The van der Waals surface area contributed by atoms with Gasteiger partial charge in [-0.05, 0) is 58.2 Å². The highest BCUT2D eigenvalue weighted by molar-refractivity contribution is 9.10. The molecule has 2 aromatic rings. The summed E-state index contributed by atoms with van der Waals surface area (Å²) in [5, 5.41) is 2.75. The second-order valence-electron chi connectivity index (χ2n) is 4.85. The zero-order chi connectivity index (χ0) is 15.0. The number of hydrogen-bond acceptors (Lipinski definition) is 2. The van der Waals surface area contributed by atoms with Crippen molar-refractivity contribution in [2.45, 2.75) is 12.8 Å². The van der Waals surface area contributed by atoms with E-state index in [0.717, 1.165) is 11.3 Å². The monoisotopic (exact) mass is 347 g/mol. The summed E-state index contributed by atoms with van der Waals surface area (Å²) in [7, 11) is 0. The fourth-order valence-electron chi connectivity index (χ4n) is 2.38. The fourth-order valence-corrected chi connectivity index (χ4v) is 2.91. The van der Waals surface area contributed by atoms with Crippen LogP contribution in [0.25, 0.3) is 0 Å². The molecule has 0 aliphatic carbocycles. The van der Waals surface area contributed by atoms with Crippen LogP contribution in [0.5, 0.6) is 0 Å². The zero-order valence-corrected chi connectivity index (χ0v) is 12.5. The molecule has 1 heterocycles. The van der Waals surface area contributed by atoms with Crippen molar-refractivity contribution in [3.05, 3.63) is 63.4 Å². The molecule has 106 valence electrons. The first-order chi connectivity index (χ1) is 10.1. The number of amides is 1. The molecule has 5 heteroatoms. The fraction of sp³-hybridized carbons (Fsp3) is 0.125. The van der Waals surface area contributed by atoms with E-state index in [4.69, 9.17) is 0 Å². The summed E-state index contributed by atoms with van der Waals surface area (Å²) in [6.45, 7) is 0. The van der Waals surface area contributed by atoms with Crippen molar-refractivity contribution in [2.75, 3.05) is 5.32 Å². The summed E-state index contributed by atoms with van der Waals surface area (Å²) >= 11 is 3.21. The third kappa shape index (κ3) is 2.61. The third-order valence-electron chi connectivity index (χ3n) is 3.45. The highest BCUT2D eigenvalue weighted by Gasteiger charge is 2.20. The summed E-state index contributed by atoms with van der Waals surface area (Å²) in [4.78, 5) is 23.8. The number of hydrogen-bond donors (Lipinski definition) is 1. The molecule has 0 bridgehead atoms. The van der Waals surface area contributed by atoms with E-state index < -0.39 is 5.82 Å². The number of carbonyl (C=O) groups excluding carboxylic acids is 2. The molecule has 0 atom stereocenters. The molecule has 0 unspecified atom stereocenters. The molecule has 3 nitrogen and oxygen atoms in total. The lowest BCUT2D eigenvalue weighted by molar-refractivity contribution is -0.116. The second-order valence-corrected chi connectivity index (χ2v) is 5.70. The van der Waals surface area contributed by atoms with E-state index in [1.807, 2.05) is 0 Å². The Kier molecular flexibility index (Phi) is 3.59. The minimum absolute atomic E-state index is 0.0253. The standard InChI is InChI=1S/C16H11BrFNO2/c17-11-2-1-3-12(18)15(11)16(21)10-4-6-13-9(8-10)5-7-14(20)19-13/h1-4,6,8H,5,7H2,(H,19,20). The van der Waals surface area contributed by atoms with Crippen LogP contribution in [-0.4, -0.2) is 11.7 Å². The van der Waals surface area contributed by atoms with E-state index in [9.17, 15) is 14.0 Å². The van der Waals surface area contributed by atoms with E-state index in [0.29, 0.717) is 22.9 Å². The SMILES string of the molecule is O=C1CCc2cc(C(=O)c3c(F)cccc3Br)ccc2N1. The average Bonchev–Trinajstić information content (AvgIpc) is 2.46. The molecule has 0 fully saturated rings. The number of benzene rings is 2. The number of ketones is 1. The number of rotatable bonds is 2. The van der Waals surface area contributed by atoms with Gasteiger partial charge in [-0.1, -0.05) is 6.07 Å². The number of nitrogens with one attached hydrogen (secondary N) is 1. The van der Waals surface area contributed by atoms with Crippen LogP contribution in [0.2, 0.25) is 0 Å². The minimum Gasteiger partial charge on any atom is -0.326 e. The van der Waals surface area contributed by atoms with Crippen molar-refractivity contribution < 1.29 is 14.0 Å². The number of carbonyl (C=O) groups is 2. The van der Waals surface area contributed by atoms with E-state index in [1.165, 1.54) is 6.07 Å². The Bertz CT molecular complexity index is 738. The largest absolute Gasteiger partial charge is 0.326 e. The molecule has 21 heavy (non-hydrogen) atoms. The van der Waals surface area contributed by atoms with Gasteiger partial charge in [0.15, 0.2) is 5.78 Å². The summed E-state index contributed by atoms with van der Waals surface area (Å²) in [6, 6.07) is 9.44.